The average Bonchev–Trinajstić information content (AvgIpc) is 2.44. The van der Waals surface area contributed by atoms with E-state index in [4.69, 9.17) is 5.11 Å². The molecule has 21 heavy (non-hydrogen) atoms. The fraction of sp³-hybridized carbons (Fsp3) is 0.429. The number of carboxylic acids is 1. The first kappa shape index (κ1) is 17.2. The van der Waals surface area contributed by atoms with Gasteiger partial charge in [-0.3, -0.25) is 4.79 Å². The van der Waals surface area contributed by atoms with Crippen LogP contribution in [0.25, 0.3) is 0 Å². The standard InChI is InChI=1S/C14H19NO5S/c1-3-10-5-6-11(14(17)18)9-12(10)21(19,20)8-7-13(16)15-4-2/h5-6,9H,3-4,7-8H2,1-2H3,(H,15,16)(H,17,18). The molecule has 0 aliphatic rings. The topological polar surface area (TPSA) is 101 Å². The molecule has 0 bridgehead atoms. The normalized spacial score (nSPS) is 11.1. The number of carboxylic acid groups (broad SMARTS) is 1. The van der Waals surface area contributed by atoms with Crippen LogP contribution in [0.5, 0.6) is 0 Å². The van der Waals surface area contributed by atoms with E-state index in [-0.39, 0.29) is 28.5 Å². The maximum atomic E-state index is 12.3. The Morgan fingerprint density at radius 2 is 1.90 bits per heavy atom. The van der Waals surface area contributed by atoms with Crippen molar-refractivity contribution in [1.82, 2.24) is 5.32 Å². The second kappa shape index (κ2) is 7.21. The Morgan fingerprint density at radius 1 is 1.24 bits per heavy atom. The van der Waals surface area contributed by atoms with Crippen LogP contribution in [0.15, 0.2) is 23.1 Å². The van der Waals surface area contributed by atoms with Gasteiger partial charge in [0.2, 0.25) is 5.91 Å². The monoisotopic (exact) mass is 313 g/mol. The third-order valence-corrected chi connectivity index (χ3v) is 4.79. The Balaban J connectivity index is 3.08. The van der Waals surface area contributed by atoms with Gasteiger partial charge < -0.3 is 10.4 Å². The van der Waals surface area contributed by atoms with Crippen molar-refractivity contribution in [1.29, 1.82) is 0 Å². The molecule has 0 radical (unpaired) electrons. The summed E-state index contributed by atoms with van der Waals surface area (Å²) >= 11 is 0. The summed E-state index contributed by atoms with van der Waals surface area (Å²) in [5.41, 5.74) is 0.472. The van der Waals surface area contributed by atoms with Gasteiger partial charge in [-0.25, -0.2) is 13.2 Å². The first-order chi connectivity index (χ1) is 9.81. The molecule has 1 aromatic rings. The molecule has 0 aromatic heterocycles. The van der Waals surface area contributed by atoms with Gasteiger partial charge in [-0.1, -0.05) is 13.0 Å². The lowest BCUT2D eigenvalue weighted by atomic mass is 10.1. The van der Waals surface area contributed by atoms with Crippen molar-refractivity contribution in [3.63, 3.8) is 0 Å². The second-order valence-electron chi connectivity index (χ2n) is 4.50. The van der Waals surface area contributed by atoms with Crippen LogP contribution in [0.4, 0.5) is 0 Å². The van der Waals surface area contributed by atoms with Gasteiger partial charge in [0.15, 0.2) is 9.84 Å². The van der Waals surface area contributed by atoms with Crippen molar-refractivity contribution < 1.29 is 23.1 Å². The molecule has 0 saturated carbocycles. The zero-order valence-electron chi connectivity index (χ0n) is 12.0. The van der Waals surface area contributed by atoms with Crippen LogP contribution >= 0.6 is 0 Å². The third-order valence-electron chi connectivity index (χ3n) is 3.00. The highest BCUT2D eigenvalue weighted by molar-refractivity contribution is 7.91. The van der Waals surface area contributed by atoms with Crippen LogP contribution < -0.4 is 5.32 Å². The SMILES string of the molecule is CCNC(=O)CCS(=O)(=O)c1cc(C(=O)O)ccc1CC. The minimum atomic E-state index is -3.70. The molecule has 0 unspecified atom stereocenters. The number of aryl methyl sites for hydroxylation is 1. The minimum absolute atomic E-state index is 0.00537. The summed E-state index contributed by atoms with van der Waals surface area (Å²) in [6.07, 6.45) is 0.326. The lowest BCUT2D eigenvalue weighted by molar-refractivity contribution is -0.120. The van der Waals surface area contributed by atoms with Crippen molar-refractivity contribution >= 4 is 21.7 Å². The fourth-order valence-corrected chi connectivity index (χ4v) is 3.48. The van der Waals surface area contributed by atoms with Crippen LogP contribution in [0.3, 0.4) is 0 Å². The Bertz CT molecular complexity index is 637. The van der Waals surface area contributed by atoms with Gasteiger partial charge in [-0.2, -0.15) is 0 Å². The zero-order chi connectivity index (χ0) is 16.0. The molecule has 0 fully saturated rings. The van der Waals surface area contributed by atoms with Crippen molar-refractivity contribution in [2.45, 2.75) is 31.6 Å². The summed E-state index contributed by atoms with van der Waals surface area (Å²) in [4.78, 5) is 22.3. The highest BCUT2D eigenvalue weighted by atomic mass is 32.2. The number of hydrogen-bond acceptors (Lipinski definition) is 4. The molecular weight excluding hydrogens is 294 g/mol. The molecule has 0 aliphatic carbocycles. The van der Waals surface area contributed by atoms with Crippen molar-refractivity contribution in [3.8, 4) is 0 Å². The Labute approximate surface area is 124 Å². The van der Waals surface area contributed by atoms with Crippen molar-refractivity contribution in [2.75, 3.05) is 12.3 Å². The van der Waals surface area contributed by atoms with E-state index in [9.17, 15) is 18.0 Å². The molecular formula is C14H19NO5S. The zero-order valence-corrected chi connectivity index (χ0v) is 12.9. The molecule has 0 heterocycles. The third kappa shape index (κ3) is 4.56. The van der Waals surface area contributed by atoms with Crippen LogP contribution in [0.2, 0.25) is 0 Å². The van der Waals surface area contributed by atoms with Crippen LogP contribution in [0, 0.1) is 0 Å². The summed E-state index contributed by atoms with van der Waals surface area (Å²) in [6, 6.07) is 4.04. The summed E-state index contributed by atoms with van der Waals surface area (Å²) < 4.78 is 24.6. The first-order valence-electron chi connectivity index (χ1n) is 6.67. The molecule has 0 spiro atoms. The predicted octanol–water partition coefficient (Wildman–Crippen LogP) is 1.25. The highest BCUT2D eigenvalue weighted by Crippen LogP contribution is 2.20. The number of hydrogen-bond donors (Lipinski definition) is 2. The summed E-state index contributed by atoms with van der Waals surface area (Å²) in [5, 5.41) is 11.5. The van der Waals surface area contributed by atoms with Gasteiger partial charge in [0.1, 0.15) is 0 Å². The Hall–Kier alpha value is -1.89. The van der Waals surface area contributed by atoms with E-state index in [1.54, 1.807) is 13.8 Å². The number of carbonyl (C=O) groups is 2. The van der Waals surface area contributed by atoms with E-state index in [1.807, 2.05) is 0 Å². The van der Waals surface area contributed by atoms with Gasteiger partial charge in [0, 0.05) is 13.0 Å². The fourth-order valence-electron chi connectivity index (χ4n) is 1.89. The minimum Gasteiger partial charge on any atom is -0.478 e. The number of sulfone groups is 1. The average molecular weight is 313 g/mol. The lowest BCUT2D eigenvalue weighted by Gasteiger charge is -2.10. The maximum absolute atomic E-state index is 12.3. The van der Waals surface area contributed by atoms with E-state index in [2.05, 4.69) is 5.32 Å². The molecule has 2 N–H and O–H groups in total. The maximum Gasteiger partial charge on any atom is 0.335 e. The highest BCUT2D eigenvalue weighted by Gasteiger charge is 2.21. The second-order valence-corrected chi connectivity index (χ2v) is 6.58. The molecule has 116 valence electrons. The number of nitrogens with one attached hydrogen (secondary N) is 1. The van der Waals surface area contributed by atoms with E-state index < -0.39 is 15.8 Å². The molecule has 7 heteroatoms. The lowest BCUT2D eigenvalue weighted by Crippen LogP contribution is -2.25. The van der Waals surface area contributed by atoms with Gasteiger partial charge >= 0.3 is 5.97 Å². The van der Waals surface area contributed by atoms with Crippen LogP contribution in [-0.2, 0) is 21.1 Å². The summed E-state index contributed by atoms with van der Waals surface area (Å²) in [7, 11) is -3.70. The van der Waals surface area contributed by atoms with E-state index >= 15 is 0 Å². The summed E-state index contributed by atoms with van der Waals surface area (Å²) in [6.45, 7) is 3.98. The van der Waals surface area contributed by atoms with Gasteiger partial charge in [0.25, 0.3) is 0 Å². The number of benzene rings is 1. The molecule has 0 atom stereocenters. The molecule has 1 rings (SSSR count). The number of amides is 1. The van der Waals surface area contributed by atoms with Gasteiger partial charge in [0.05, 0.1) is 16.2 Å². The first-order valence-corrected chi connectivity index (χ1v) is 8.32. The van der Waals surface area contributed by atoms with Crippen molar-refractivity contribution in [3.05, 3.63) is 29.3 Å². The smallest absolute Gasteiger partial charge is 0.335 e. The molecule has 0 aliphatic heterocycles. The van der Waals surface area contributed by atoms with E-state index in [0.29, 0.717) is 18.5 Å². The Kier molecular flexibility index (Phi) is 5.90. The van der Waals surface area contributed by atoms with E-state index in [0.717, 1.165) is 6.07 Å². The van der Waals surface area contributed by atoms with Gasteiger partial charge in [-0.15, -0.1) is 0 Å². The number of aromatic carboxylic acids is 1. The van der Waals surface area contributed by atoms with Gasteiger partial charge in [-0.05, 0) is 31.0 Å². The van der Waals surface area contributed by atoms with Crippen LogP contribution in [0.1, 0.15) is 36.2 Å². The largest absolute Gasteiger partial charge is 0.478 e. The molecule has 6 nitrogen and oxygen atoms in total. The van der Waals surface area contributed by atoms with Crippen LogP contribution in [-0.4, -0.2) is 37.7 Å². The van der Waals surface area contributed by atoms with Crippen molar-refractivity contribution in [2.24, 2.45) is 0 Å². The Morgan fingerprint density at radius 3 is 2.43 bits per heavy atom. The number of rotatable bonds is 7. The predicted molar refractivity (Wildman–Crippen MR) is 78.1 cm³/mol. The quantitative estimate of drug-likeness (QED) is 0.789. The molecule has 1 amide bonds. The van der Waals surface area contributed by atoms with E-state index in [1.165, 1.54) is 12.1 Å². The summed E-state index contributed by atoms with van der Waals surface area (Å²) in [5.74, 6) is -1.86. The molecule has 1 aromatic carbocycles. The number of carbonyl (C=O) groups excluding carboxylic acids is 1. The molecule has 0 saturated heterocycles.